The zero-order valence-corrected chi connectivity index (χ0v) is 18.9. The van der Waals surface area contributed by atoms with Crippen LogP contribution in [0.1, 0.15) is 36.7 Å². The number of carbonyl (C=O) groups excluding carboxylic acids is 3. The van der Waals surface area contributed by atoms with Crippen LogP contribution in [0.4, 0.5) is 11.4 Å². The third kappa shape index (κ3) is 4.12. The molecule has 0 radical (unpaired) electrons. The van der Waals surface area contributed by atoms with Crippen LogP contribution in [0.25, 0.3) is 0 Å². The van der Waals surface area contributed by atoms with Gasteiger partial charge in [0, 0.05) is 31.7 Å². The van der Waals surface area contributed by atoms with Crippen LogP contribution in [0.2, 0.25) is 0 Å². The van der Waals surface area contributed by atoms with Gasteiger partial charge in [0.05, 0.1) is 17.9 Å². The lowest BCUT2D eigenvalue weighted by atomic mass is 9.96. The maximum atomic E-state index is 13.3. The number of nitrogens with one attached hydrogen (secondary N) is 1. The third-order valence-electron chi connectivity index (χ3n) is 6.38. The Kier molecular flexibility index (Phi) is 6.02. The van der Waals surface area contributed by atoms with E-state index in [1.807, 2.05) is 47.4 Å². The zero-order valence-electron chi connectivity index (χ0n) is 18.9. The topological polar surface area (TPSA) is 73.0 Å². The minimum absolute atomic E-state index is 0.0291. The summed E-state index contributed by atoms with van der Waals surface area (Å²) in [6, 6.07) is 15.1. The van der Waals surface area contributed by atoms with Crippen LogP contribution in [0.3, 0.4) is 0 Å². The number of amides is 3. The average Bonchev–Trinajstić information content (AvgIpc) is 2.79. The Balaban J connectivity index is 1.40. The van der Waals surface area contributed by atoms with Gasteiger partial charge in [-0.25, -0.2) is 0 Å². The largest absolute Gasteiger partial charge is 0.336 e. The van der Waals surface area contributed by atoms with Crippen LogP contribution in [0.15, 0.2) is 48.5 Å². The second-order valence-corrected chi connectivity index (χ2v) is 8.88. The standard InChI is InChI=1S/C25H30N4O3/c1-4-18-9-11-19(12-10-18)23(31)28-15-13-27(14-16-28)17-22(30)29-21-8-6-5-7-20(21)26-24(32)25(29,2)3/h5-12H,4,13-17H2,1-3H3,(H,26,32). The number of hydrogen-bond acceptors (Lipinski definition) is 4. The van der Waals surface area contributed by atoms with Crippen molar-refractivity contribution in [2.45, 2.75) is 32.7 Å². The lowest BCUT2D eigenvalue weighted by molar-refractivity contribution is -0.127. The number of benzene rings is 2. The molecule has 168 valence electrons. The molecule has 2 aromatic carbocycles. The first kappa shape index (κ1) is 22.0. The van der Waals surface area contributed by atoms with Crippen molar-refractivity contribution in [3.05, 3.63) is 59.7 Å². The third-order valence-corrected chi connectivity index (χ3v) is 6.38. The molecule has 2 heterocycles. The molecule has 7 heteroatoms. The van der Waals surface area contributed by atoms with Gasteiger partial charge in [-0.3, -0.25) is 24.2 Å². The fourth-order valence-corrected chi connectivity index (χ4v) is 4.34. The second-order valence-electron chi connectivity index (χ2n) is 8.88. The summed E-state index contributed by atoms with van der Waals surface area (Å²) in [7, 11) is 0. The maximum Gasteiger partial charge on any atom is 0.253 e. The summed E-state index contributed by atoms with van der Waals surface area (Å²) in [6.45, 7) is 8.20. The molecule has 0 aliphatic carbocycles. The quantitative estimate of drug-likeness (QED) is 0.803. The molecular weight excluding hydrogens is 404 g/mol. The normalized spacial score (nSPS) is 18.2. The van der Waals surface area contributed by atoms with Gasteiger partial charge in [0.2, 0.25) is 11.8 Å². The first-order chi connectivity index (χ1) is 15.3. The van der Waals surface area contributed by atoms with E-state index in [4.69, 9.17) is 0 Å². The van der Waals surface area contributed by atoms with Gasteiger partial charge in [0.15, 0.2) is 0 Å². The Morgan fingerprint density at radius 2 is 1.62 bits per heavy atom. The number of fused-ring (bicyclic) bond motifs is 1. The van der Waals surface area contributed by atoms with E-state index in [1.165, 1.54) is 5.56 Å². The predicted molar refractivity (Wildman–Crippen MR) is 125 cm³/mol. The van der Waals surface area contributed by atoms with Gasteiger partial charge >= 0.3 is 0 Å². The van der Waals surface area contributed by atoms with E-state index >= 15 is 0 Å². The fourth-order valence-electron chi connectivity index (χ4n) is 4.34. The fraction of sp³-hybridized carbons (Fsp3) is 0.400. The van der Waals surface area contributed by atoms with Crippen molar-refractivity contribution in [2.75, 3.05) is 42.9 Å². The van der Waals surface area contributed by atoms with E-state index in [0.717, 1.165) is 6.42 Å². The van der Waals surface area contributed by atoms with Crippen molar-refractivity contribution >= 4 is 29.1 Å². The molecule has 0 saturated carbocycles. The van der Waals surface area contributed by atoms with Crippen molar-refractivity contribution in [2.24, 2.45) is 0 Å². The Morgan fingerprint density at radius 3 is 2.28 bits per heavy atom. The van der Waals surface area contributed by atoms with E-state index in [0.29, 0.717) is 43.1 Å². The highest BCUT2D eigenvalue weighted by molar-refractivity contribution is 6.14. The Bertz CT molecular complexity index is 1020. The van der Waals surface area contributed by atoms with Gasteiger partial charge in [-0.15, -0.1) is 0 Å². The molecule has 0 aromatic heterocycles. The maximum absolute atomic E-state index is 13.3. The van der Waals surface area contributed by atoms with Gasteiger partial charge in [0.1, 0.15) is 5.54 Å². The molecule has 2 aliphatic heterocycles. The molecule has 1 saturated heterocycles. The first-order valence-corrected chi connectivity index (χ1v) is 11.2. The molecule has 4 rings (SSSR count). The molecule has 0 bridgehead atoms. The minimum atomic E-state index is -0.978. The van der Waals surface area contributed by atoms with Crippen molar-refractivity contribution in [3.8, 4) is 0 Å². The number of aryl methyl sites for hydroxylation is 1. The summed E-state index contributed by atoms with van der Waals surface area (Å²) in [5.74, 6) is -0.289. The van der Waals surface area contributed by atoms with E-state index in [2.05, 4.69) is 17.1 Å². The molecule has 0 spiro atoms. The predicted octanol–water partition coefficient (Wildman–Crippen LogP) is 2.77. The summed E-state index contributed by atoms with van der Waals surface area (Å²) < 4.78 is 0. The van der Waals surface area contributed by atoms with Crippen LogP contribution in [0, 0.1) is 0 Å². The van der Waals surface area contributed by atoms with E-state index < -0.39 is 5.54 Å². The van der Waals surface area contributed by atoms with Crippen LogP contribution in [0.5, 0.6) is 0 Å². The highest BCUT2D eigenvalue weighted by Crippen LogP contribution is 2.36. The van der Waals surface area contributed by atoms with Gasteiger partial charge in [-0.05, 0) is 50.1 Å². The smallest absolute Gasteiger partial charge is 0.253 e. The van der Waals surface area contributed by atoms with Crippen LogP contribution in [-0.2, 0) is 16.0 Å². The van der Waals surface area contributed by atoms with Gasteiger partial charge in [-0.1, -0.05) is 31.2 Å². The van der Waals surface area contributed by atoms with Crippen LogP contribution in [-0.4, -0.2) is 65.8 Å². The van der Waals surface area contributed by atoms with E-state index in [-0.39, 0.29) is 24.3 Å². The van der Waals surface area contributed by atoms with E-state index in [9.17, 15) is 14.4 Å². The zero-order chi connectivity index (χ0) is 22.9. The Morgan fingerprint density at radius 1 is 0.969 bits per heavy atom. The number of piperazine rings is 1. The number of nitrogens with zero attached hydrogens (tertiary/aromatic N) is 3. The molecule has 32 heavy (non-hydrogen) atoms. The minimum Gasteiger partial charge on any atom is -0.336 e. The SMILES string of the molecule is CCc1ccc(C(=O)N2CCN(CC(=O)N3c4ccccc4NC(=O)C3(C)C)CC2)cc1. The second kappa shape index (κ2) is 8.74. The highest BCUT2D eigenvalue weighted by atomic mass is 16.2. The van der Waals surface area contributed by atoms with Gasteiger partial charge < -0.3 is 10.2 Å². The van der Waals surface area contributed by atoms with Gasteiger partial charge in [-0.2, -0.15) is 0 Å². The van der Waals surface area contributed by atoms with Crippen molar-refractivity contribution in [1.29, 1.82) is 0 Å². The highest BCUT2D eigenvalue weighted by Gasteiger charge is 2.43. The number of carbonyl (C=O) groups is 3. The van der Waals surface area contributed by atoms with Crippen LogP contribution >= 0.6 is 0 Å². The lowest BCUT2D eigenvalue weighted by Gasteiger charge is -2.43. The van der Waals surface area contributed by atoms with Crippen LogP contribution < -0.4 is 10.2 Å². The summed E-state index contributed by atoms with van der Waals surface area (Å²) in [5.41, 5.74) is 2.29. The monoisotopic (exact) mass is 434 g/mol. The molecule has 1 N–H and O–H groups in total. The molecule has 2 aliphatic rings. The molecule has 2 aromatic rings. The summed E-state index contributed by atoms with van der Waals surface area (Å²) in [4.78, 5) is 44.2. The molecular formula is C25H30N4O3. The average molecular weight is 435 g/mol. The molecule has 1 fully saturated rings. The summed E-state index contributed by atoms with van der Waals surface area (Å²) >= 11 is 0. The molecule has 0 unspecified atom stereocenters. The summed E-state index contributed by atoms with van der Waals surface area (Å²) in [6.07, 6.45) is 0.946. The number of anilines is 2. The Labute approximate surface area is 189 Å². The molecule has 3 amide bonds. The van der Waals surface area contributed by atoms with Crippen molar-refractivity contribution < 1.29 is 14.4 Å². The molecule has 0 atom stereocenters. The number of rotatable bonds is 4. The first-order valence-electron chi connectivity index (χ1n) is 11.2. The Hall–Kier alpha value is -3.19. The van der Waals surface area contributed by atoms with Crippen molar-refractivity contribution in [1.82, 2.24) is 9.80 Å². The lowest BCUT2D eigenvalue weighted by Crippen LogP contribution is -2.61. The number of para-hydroxylation sites is 2. The van der Waals surface area contributed by atoms with Crippen molar-refractivity contribution in [3.63, 3.8) is 0 Å². The van der Waals surface area contributed by atoms with Gasteiger partial charge in [0.25, 0.3) is 5.91 Å². The summed E-state index contributed by atoms with van der Waals surface area (Å²) in [5, 5.41) is 2.89. The molecule has 7 nitrogen and oxygen atoms in total. The number of hydrogen-bond donors (Lipinski definition) is 1. The van der Waals surface area contributed by atoms with E-state index in [1.54, 1.807) is 24.8 Å².